The molecule has 182 valence electrons. The minimum atomic E-state index is -0.355. The van der Waals surface area contributed by atoms with Crippen LogP contribution in [0.15, 0.2) is 64.2 Å². The van der Waals surface area contributed by atoms with Gasteiger partial charge in [0.2, 0.25) is 5.17 Å². The topological polar surface area (TPSA) is 73.8 Å². The molecule has 6 rings (SSSR count). The van der Waals surface area contributed by atoms with Gasteiger partial charge in [0.05, 0.1) is 5.57 Å². The molecule has 0 bridgehead atoms. The molecule has 0 saturated heterocycles. The molecule has 0 unspecified atom stereocenters. The molecule has 3 aromatic rings. The van der Waals surface area contributed by atoms with Gasteiger partial charge in [-0.05, 0) is 85.5 Å². The van der Waals surface area contributed by atoms with E-state index in [0.717, 1.165) is 46.1 Å². The van der Waals surface area contributed by atoms with Gasteiger partial charge in [0.25, 0.3) is 5.91 Å². The number of thioether (sulfide) groups is 1. The molecule has 1 amide bonds. The van der Waals surface area contributed by atoms with E-state index in [1.165, 1.54) is 41.8 Å². The summed E-state index contributed by atoms with van der Waals surface area (Å²) in [6, 6.07) is 16.9. The zero-order valence-corrected chi connectivity index (χ0v) is 21.7. The first-order chi connectivity index (χ1) is 17.4. The van der Waals surface area contributed by atoms with E-state index in [1.807, 2.05) is 13.0 Å². The maximum atomic E-state index is 13.2. The van der Waals surface area contributed by atoms with Crippen LogP contribution in [0.2, 0.25) is 0 Å². The third-order valence-electron chi connectivity index (χ3n) is 7.59. The second-order valence-corrected chi connectivity index (χ2v) is 10.9. The van der Waals surface area contributed by atoms with E-state index in [9.17, 15) is 4.79 Å². The van der Waals surface area contributed by atoms with Gasteiger partial charge in [0.1, 0.15) is 5.04 Å². The molecule has 1 aliphatic carbocycles. The third-order valence-corrected chi connectivity index (χ3v) is 8.66. The first kappa shape index (κ1) is 23.0. The molecule has 2 aromatic carbocycles. The van der Waals surface area contributed by atoms with Crippen LogP contribution >= 0.6 is 11.8 Å². The van der Waals surface area contributed by atoms with Crippen molar-refractivity contribution < 1.29 is 4.79 Å². The van der Waals surface area contributed by atoms with Crippen LogP contribution in [0, 0.1) is 25.2 Å². The van der Waals surface area contributed by atoms with Gasteiger partial charge in [-0.2, -0.15) is 15.1 Å². The minimum Gasteiger partial charge on any atom is -0.318 e. The maximum absolute atomic E-state index is 13.2. The fraction of sp³-hybridized carbons (Fsp3) is 0.310. The summed E-state index contributed by atoms with van der Waals surface area (Å²) in [5, 5.41) is 19.1. The lowest BCUT2D eigenvalue weighted by Gasteiger charge is -2.22. The van der Waals surface area contributed by atoms with Gasteiger partial charge in [0.15, 0.2) is 5.84 Å². The predicted octanol–water partition coefficient (Wildman–Crippen LogP) is 6.84. The molecule has 0 atom stereocenters. The third kappa shape index (κ3) is 3.73. The normalized spacial score (nSPS) is 20.0. The number of hydrazone groups is 1. The predicted molar refractivity (Wildman–Crippen MR) is 149 cm³/mol. The Hall–Kier alpha value is -3.45. The van der Waals surface area contributed by atoms with Crippen LogP contribution in [-0.2, 0) is 4.79 Å². The number of aliphatic imine (C=N–C) groups is 1. The van der Waals surface area contributed by atoms with Gasteiger partial charge >= 0.3 is 0 Å². The summed E-state index contributed by atoms with van der Waals surface area (Å²) in [6.07, 6.45) is 5.94. The number of benzene rings is 2. The van der Waals surface area contributed by atoms with Crippen molar-refractivity contribution in [2.45, 2.75) is 52.9 Å². The van der Waals surface area contributed by atoms with E-state index < -0.39 is 0 Å². The first-order valence-corrected chi connectivity index (χ1v) is 13.4. The number of rotatable bonds is 3. The number of carbonyl (C=O) groups is 1. The Balaban J connectivity index is 1.38. The second-order valence-electron chi connectivity index (χ2n) is 9.89. The van der Waals surface area contributed by atoms with E-state index in [4.69, 9.17) is 10.5 Å². The molecule has 6 nitrogen and oxygen atoms in total. The van der Waals surface area contributed by atoms with Crippen LogP contribution in [0.4, 0.5) is 0 Å². The quantitative estimate of drug-likeness (QED) is 0.404. The largest absolute Gasteiger partial charge is 0.318 e. The van der Waals surface area contributed by atoms with E-state index in [1.54, 1.807) is 5.01 Å². The van der Waals surface area contributed by atoms with Crippen molar-refractivity contribution in [3.63, 3.8) is 0 Å². The summed E-state index contributed by atoms with van der Waals surface area (Å²) in [5.74, 6) is 0.178. The molecule has 1 saturated carbocycles. The number of allylic oxidation sites excluding steroid dienone is 1. The summed E-state index contributed by atoms with van der Waals surface area (Å²) in [6.45, 7) is 6.06. The smallest absolute Gasteiger partial charge is 0.283 e. The van der Waals surface area contributed by atoms with Gasteiger partial charge in [-0.3, -0.25) is 10.2 Å². The van der Waals surface area contributed by atoms with Crippen LogP contribution in [-0.4, -0.2) is 31.5 Å². The molecular formula is C29H29N5OS. The highest BCUT2D eigenvalue weighted by Gasteiger charge is 2.39. The number of hydrogen-bond acceptors (Lipinski definition) is 4. The highest BCUT2D eigenvalue weighted by Crippen LogP contribution is 2.38. The van der Waals surface area contributed by atoms with Gasteiger partial charge in [-0.25, -0.2) is 0 Å². The van der Waals surface area contributed by atoms with Gasteiger partial charge in [-0.15, -0.1) is 0 Å². The number of nitrogens with zero attached hydrogens (tertiary/aromatic N) is 4. The molecule has 2 aliphatic heterocycles. The number of amidine groups is 2. The molecule has 1 fully saturated rings. The van der Waals surface area contributed by atoms with E-state index in [0.29, 0.717) is 16.7 Å². The Bertz CT molecular complexity index is 1520. The van der Waals surface area contributed by atoms with Crippen molar-refractivity contribution in [3.05, 3.63) is 71.1 Å². The molecule has 0 spiro atoms. The maximum Gasteiger partial charge on any atom is 0.283 e. The van der Waals surface area contributed by atoms with Crippen LogP contribution in [0.25, 0.3) is 22.0 Å². The summed E-state index contributed by atoms with van der Waals surface area (Å²) in [4.78, 5) is 17.5. The lowest BCUT2D eigenvalue weighted by Crippen LogP contribution is -2.36. The molecule has 36 heavy (non-hydrogen) atoms. The zero-order valence-electron chi connectivity index (χ0n) is 20.8. The SMILES string of the molecule is CC(=C1C(=N)N2N=C(C3CCCCC3)SC2=NC1=O)c1cc(C)n(-c2ccc3ccccc3c2)c1C. The number of hydrogen-bond donors (Lipinski definition) is 1. The Morgan fingerprint density at radius 2 is 1.78 bits per heavy atom. The number of aryl methyl sites for hydroxylation is 1. The lowest BCUT2D eigenvalue weighted by molar-refractivity contribution is -0.114. The van der Waals surface area contributed by atoms with Crippen molar-refractivity contribution in [2.75, 3.05) is 0 Å². The number of carbonyl (C=O) groups excluding carboxylic acids is 1. The summed E-state index contributed by atoms with van der Waals surface area (Å²) in [7, 11) is 0. The van der Waals surface area contributed by atoms with E-state index in [2.05, 4.69) is 65.9 Å². The van der Waals surface area contributed by atoms with Crippen molar-refractivity contribution >= 4 is 50.1 Å². The van der Waals surface area contributed by atoms with E-state index in [-0.39, 0.29) is 11.7 Å². The van der Waals surface area contributed by atoms with E-state index >= 15 is 0 Å². The molecule has 1 N–H and O–H groups in total. The first-order valence-electron chi connectivity index (χ1n) is 12.6. The van der Waals surface area contributed by atoms with Crippen LogP contribution in [0.1, 0.15) is 56.0 Å². The average Bonchev–Trinajstić information content (AvgIpc) is 3.44. The van der Waals surface area contributed by atoms with Gasteiger partial charge in [0, 0.05) is 23.0 Å². The summed E-state index contributed by atoms with van der Waals surface area (Å²) >= 11 is 1.46. The molecule has 3 aliphatic rings. The Kier molecular flexibility index (Phi) is 5.67. The molecule has 0 radical (unpaired) electrons. The van der Waals surface area contributed by atoms with Crippen LogP contribution in [0.3, 0.4) is 0 Å². The number of amides is 1. The average molecular weight is 496 g/mol. The fourth-order valence-electron chi connectivity index (χ4n) is 5.71. The monoisotopic (exact) mass is 495 g/mol. The number of fused-ring (bicyclic) bond motifs is 2. The minimum absolute atomic E-state index is 0.122. The highest BCUT2D eigenvalue weighted by molar-refractivity contribution is 8.27. The molecular weight excluding hydrogens is 466 g/mol. The fourth-order valence-corrected chi connectivity index (χ4v) is 6.77. The number of aromatic nitrogens is 1. The number of nitrogens with one attached hydrogen (secondary N) is 1. The standard InChI is InChI=1S/C29H29N5OS/c1-17-15-24(19(3)33(17)23-14-13-20-9-7-8-12-22(20)16-23)18(2)25-26(30)34-29(31-27(25)35)36-28(32-34)21-10-5-4-6-11-21/h7-9,12-16,21,30H,4-6,10-11H2,1-3H3. The summed E-state index contributed by atoms with van der Waals surface area (Å²) in [5.41, 5.74) is 5.23. The van der Waals surface area contributed by atoms with Gasteiger partial charge < -0.3 is 4.57 Å². The van der Waals surface area contributed by atoms with Crippen molar-refractivity contribution in [3.8, 4) is 5.69 Å². The van der Waals surface area contributed by atoms with Crippen LogP contribution < -0.4 is 0 Å². The Morgan fingerprint density at radius 1 is 1.03 bits per heavy atom. The Labute approximate surface area is 215 Å². The summed E-state index contributed by atoms with van der Waals surface area (Å²) < 4.78 is 2.21. The van der Waals surface area contributed by atoms with Crippen molar-refractivity contribution in [1.29, 1.82) is 5.41 Å². The zero-order chi connectivity index (χ0) is 25.0. The van der Waals surface area contributed by atoms with Gasteiger partial charge in [-0.1, -0.05) is 49.6 Å². The molecule has 7 heteroatoms. The lowest BCUT2D eigenvalue weighted by atomic mass is 9.90. The van der Waals surface area contributed by atoms with Crippen LogP contribution in [0.5, 0.6) is 0 Å². The molecule has 3 heterocycles. The highest BCUT2D eigenvalue weighted by atomic mass is 32.2. The molecule has 1 aromatic heterocycles. The van der Waals surface area contributed by atoms with Crippen molar-refractivity contribution in [2.24, 2.45) is 16.0 Å². The Morgan fingerprint density at radius 3 is 2.56 bits per heavy atom. The second kappa shape index (κ2) is 8.89. The van der Waals surface area contributed by atoms with Crippen molar-refractivity contribution in [1.82, 2.24) is 9.58 Å².